The number of carbonyl (C=O) groups excluding carboxylic acids is 3. The number of fused-ring (bicyclic) bond motifs is 2. The highest BCUT2D eigenvalue weighted by Crippen LogP contribution is 2.34. The number of hydrogen-bond donors (Lipinski definition) is 3. The van der Waals surface area contributed by atoms with Gasteiger partial charge in [0.25, 0.3) is 5.91 Å². The quantitative estimate of drug-likeness (QED) is 0.477. The molecule has 5 rings (SSSR count). The maximum absolute atomic E-state index is 14.7. The van der Waals surface area contributed by atoms with Gasteiger partial charge in [0.05, 0.1) is 13.2 Å². The van der Waals surface area contributed by atoms with Crippen LogP contribution in [0, 0.1) is 23.1 Å². The summed E-state index contributed by atoms with van der Waals surface area (Å²) < 4.78 is 20.1. The number of aromatic nitrogens is 1. The van der Waals surface area contributed by atoms with Gasteiger partial charge in [0, 0.05) is 29.9 Å². The third-order valence-electron chi connectivity index (χ3n) is 7.10. The number of aromatic amines is 1. The second-order valence-electron chi connectivity index (χ2n) is 9.27. The zero-order valence-corrected chi connectivity index (χ0v) is 20.2. The van der Waals surface area contributed by atoms with E-state index in [9.17, 15) is 24.0 Å². The van der Waals surface area contributed by atoms with Crippen molar-refractivity contribution in [2.75, 3.05) is 20.2 Å². The smallest absolute Gasteiger partial charge is 0.271 e. The monoisotopic (exact) mass is 503 g/mol. The van der Waals surface area contributed by atoms with Crippen LogP contribution >= 0.6 is 0 Å². The predicted molar refractivity (Wildman–Crippen MR) is 132 cm³/mol. The summed E-state index contributed by atoms with van der Waals surface area (Å²) in [5.74, 6) is -1.40. The number of methoxy groups -OCH3 is 1. The first-order valence-corrected chi connectivity index (χ1v) is 12.1. The fraction of sp³-hybridized carbons (Fsp3) is 0.333. The Morgan fingerprint density at radius 3 is 2.84 bits per heavy atom. The van der Waals surface area contributed by atoms with E-state index in [4.69, 9.17) is 4.74 Å². The molecule has 2 aliphatic heterocycles. The highest BCUT2D eigenvalue weighted by atomic mass is 19.1. The zero-order valence-electron chi connectivity index (χ0n) is 20.2. The number of benzene rings is 2. The number of rotatable bonds is 6. The zero-order chi connectivity index (χ0) is 26.1. The number of nitriles is 1. The molecule has 0 bridgehead atoms. The van der Waals surface area contributed by atoms with E-state index >= 15 is 0 Å². The molecule has 3 amide bonds. The molecule has 9 nitrogen and oxygen atoms in total. The van der Waals surface area contributed by atoms with Crippen molar-refractivity contribution in [2.24, 2.45) is 5.92 Å². The minimum atomic E-state index is -1.14. The number of ether oxygens (including phenoxy) is 1. The number of H-pyrrole nitrogens is 1. The Bertz CT molecular complexity index is 1430. The number of nitrogens with zero attached hydrogens (tertiary/aromatic N) is 2. The molecule has 1 fully saturated rings. The van der Waals surface area contributed by atoms with Gasteiger partial charge in [0.1, 0.15) is 29.3 Å². The van der Waals surface area contributed by atoms with E-state index in [1.165, 1.54) is 17.0 Å². The molecule has 1 saturated heterocycles. The molecule has 2 aromatic carbocycles. The molecule has 3 aromatic rings. The Morgan fingerprint density at radius 1 is 1.30 bits per heavy atom. The molecule has 190 valence electrons. The van der Waals surface area contributed by atoms with E-state index in [2.05, 4.69) is 21.7 Å². The minimum absolute atomic E-state index is 0.111. The van der Waals surface area contributed by atoms with Crippen LogP contribution in [0.5, 0.6) is 5.75 Å². The van der Waals surface area contributed by atoms with Crippen molar-refractivity contribution < 1.29 is 23.5 Å². The van der Waals surface area contributed by atoms with Crippen LogP contribution in [0.2, 0.25) is 0 Å². The first kappa shape index (κ1) is 24.3. The van der Waals surface area contributed by atoms with Crippen molar-refractivity contribution in [1.29, 1.82) is 5.26 Å². The van der Waals surface area contributed by atoms with E-state index in [-0.39, 0.29) is 36.9 Å². The van der Waals surface area contributed by atoms with Crippen LogP contribution in [-0.2, 0) is 16.0 Å². The van der Waals surface area contributed by atoms with Crippen LogP contribution in [0.1, 0.15) is 40.5 Å². The maximum Gasteiger partial charge on any atom is 0.271 e. The molecule has 0 radical (unpaired) electrons. The van der Waals surface area contributed by atoms with E-state index in [0.29, 0.717) is 35.4 Å². The van der Waals surface area contributed by atoms with E-state index < -0.39 is 29.7 Å². The van der Waals surface area contributed by atoms with Crippen molar-refractivity contribution in [3.8, 4) is 11.8 Å². The van der Waals surface area contributed by atoms with Crippen LogP contribution in [0.3, 0.4) is 0 Å². The third kappa shape index (κ3) is 4.48. The molecular formula is C27H26FN5O4. The third-order valence-corrected chi connectivity index (χ3v) is 7.10. The molecule has 1 aromatic heterocycles. The highest BCUT2D eigenvalue weighted by molar-refractivity contribution is 6.02. The lowest BCUT2D eigenvalue weighted by atomic mass is 9.90. The molecule has 10 heteroatoms. The first-order chi connectivity index (χ1) is 17.9. The van der Waals surface area contributed by atoms with Crippen LogP contribution in [0.15, 0.2) is 42.5 Å². The fourth-order valence-corrected chi connectivity index (χ4v) is 5.25. The molecule has 3 N–H and O–H groups in total. The summed E-state index contributed by atoms with van der Waals surface area (Å²) in [6.07, 6.45) is 0.983. The summed E-state index contributed by atoms with van der Waals surface area (Å²) >= 11 is 0. The van der Waals surface area contributed by atoms with E-state index in [1.54, 1.807) is 31.4 Å². The molecular weight excluding hydrogens is 477 g/mol. The summed E-state index contributed by atoms with van der Waals surface area (Å²) in [6.45, 7) is 0.641. The average molecular weight is 504 g/mol. The molecule has 2 aliphatic rings. The normalized spacial score (nSPS) is 19.6. The van der Waals surface area contributed by atoms with Crippen molar-refractivity contribution in [3.63, 3.8) is 0 Å². The van der Waals surface area contributed by atoms with Gasteiger partial charge in [-0.25, -0.2) is 4.39 Å². The van der Waals surface area contributed by atoms with Crippen LogP contribution < -0.4 is 15.4 Å². The lowest BCUT2D eigenvalue weighted by Gasteiger charge is -2.36. The predicted octanol–water partition coefficient (Wildman–Crippen LogP) is 2.59. The molecule has 37 heavy (non-hydrogen) atoms. The molecule has 3 heterocycles. The lowest BCUT2D eigenvalue weighted by Crippen LogP contribution is -2.49. The van der Waals surface area contributed by atoms with Gasteiger partial charge in [-0.1, -0.05) is 18.2 Å². The van der Waals surface area contributed by atoms with E-state index in [0.717, 1.165) is 5.39 Å². The second-order valence-corrected chi connectivity index (χ2v) is 9.27. The Morgan fingerprint density at radius 2 is 2.11 bits per heavy atom. The van der Waals surface area contributed by atoms with Crippen molar-refractivity contribution >= 4 is 28.6 Å². The van der Waals surface area contributed by atoms with Gasteiger partial charge in [0.2, 0.25) is 11.8 Å². The number of carbonyl (C=O) groups is 3. The van der Waals surface area contributed by atoms with E-state index in [1.807, 2.05) is 6.07 Å². The SMILES string of the molecule is COc1cccc2[nH]c(C(=O)N3CCc4c(F)cccc4C3C(=O)NC(C#N)CC3CCNC3=O)cc12. The van der Waals surface area contributed by atoms with Crippen LogP contribution in [0.25, 0.3) is 10.9 Å². The van der Waals surface area contributed by atoms with Crippen molar-refractivity contribution in [3.05, 3.63) is 65.1 Å². The van der Waals surface area contributed by atoms with Gasteiger partial charge in [-0.3, -0.25) is 14.4 Å². The maximum atomic E-state index is 14.7. The molecule has 0 saturated carbocycles. The Hall–Kier alpha value is -4.39. The lowest BCUT2D eigenvalue weighted by molar-refractivity contribution is -0.127. The van der Waals surface area contributed by atoms with Gasteiger partial charge < -0.3 is 25.3 Å². The largest absolute Gasteiger partial charge is 0.496 e. The Labute approximate surface area is 212 Å². The Balaban J connectivity index is 1.47. The number of halogens is 1. The first-order valence-electron chi connectivity index (χ1n) is 12.1. The Kier molecular flexibility index (Phi) is 6.53. The molecule has 0 spiro atoms. The summed E-state index contributed by atoms with van der Waals surface area (Å²) in [7, 11) is 1.54. The standard InChI is InChI=1S/C27H26FN5O4/c1-37-23-7-3-6-21-19(23)13-22(32-21)27(36)33-11-9-17-18(4-2-5-20(17)28)24(33)26(35)31-16(14-29)12-15-8-10-30-25(15)34/h2-7,13,15-16,24,32H,8-12H2,1H3,(H,30,34)(H,31,35). The molecule has 3 unspecified atom stereocenters. The van der Waals surface area contributed by atoms with Crippen LogP contribution in [-0.4, -0.2) is 53.8 Å². The summed E-state index contributed by atoms with van der Waals surface area (Å²) in [4.78, 5) is 43.8. The van der Waals surface area contributed by atoms with Crippen molar-refractivity contribution in [2.45, 2.75) is 31.3 Å². The summed E-state index contributed by atoms with van der Waals surface area (Å²) in [6, 6.07) is 11.5. The number of hydrogen-bond acceptors (Lipinski definition) is 5. The van der Waals surface area contributed by atoms with Crippen LogP contribution in [0.4, 0.5) is 4.39 Å². The minimum Gasteiger partial charge on any atom is -0.496 e. The number of nitrogens with one attached hydrogen (secondary N) is 3. The number of amides is 3. The summed E-state index contributed by atoms with van der Waals surface area (Å²) in [5.41, 5.74) is 1.71. The van der Waals surface area contributed by atoms with Gasteiger partial charge in [0.15, 0.2) is 0 Å². The highest BCUT2D eigenvalue weighted by Gasteiger charge is 2.39. The van der Waals surface area contributed by atoms with Gasteiger partial charge in [-0.05, 0) is 54.7 Å². The average Bonchev–Trinajstić information content (AvgIpc) is 3.53. The molecule has 0 aliphatic carbocycles. The fourth-order valence-electron chi connectivity index (χ4n) is 5.25. The van der Waals surface area contributed by atoms with Gasteiger partial charge in [-0.15, -0.1) is 0 Å². The summed E-state index contributed by atoms with van der Waals surface area (Å²) in [5, 5.41) is 15.8. The second kappa shape index (κ2) is 9.93. The van der Waals surface area contributed by atoms with Gasteiger partial charge >= 0.3 is 0 Å². The molecule has 3 atom stereocenters. The van der Waals surface area contributed by atoms with Crippen molar-refractivity contribution in [1.82, 2.24) is 20.5 Å². The van der Waals surface area contributed by atoms with Gasteiger partial charge in [-0.2, -0.15) is 5.26 Å². The topological polar surface area (TPSA) is 127 Å².